The molecule has 5 rings (SSSR count). The lowest BCUT2D eigenvalue weighted by Gasteiger charge is -2.69. The molecule has 0 amide bonds. The minimum absolute atomic E-state index is 0.0450. The summed E-state index contributed by atoms with van der Waals surface area (Å²) < 4.78 is 0. The van der Waals surface area contributed by atoms with Gasteiger partial charge in [0, 0.05) is 42.7 Å². The number of nitrogen functional groups attached to an aromatic ring is 1. The van der Waals surface area contributed by atoms with Crippen LogP contribution in [0.5, 0.6) is 0 Å². The molecule has 4 bridgehead atoms. The van der Waals surface area contributed by atoms with Crippen molar-refractivity contribution >= 4 is 5.69 Å². The molecular weight excluding hydrogens is 274 g/mol. The number of hydrogen-bond donors (Lipinski definition) is 2. The Morgan fingerprint density at radius 3 is 2.09 bits per heavy atom. The van der Waals surface area contributed by atoms with Crippen molar-refractivity contribution in [1.29, 1.82) is 0 Å². The summed E-state index contributed by atoms with van der Waals surface area (Å²) in [5, 5.41) is 11.1. The van der Waals surface area contributed by atoms with Crippen LogP contribution in [-0.2, 0) is 0 Å². The first-order valence-electron chi connectivity index (χ1n) is 8.55. The van der Waals surface area contributed by atoms with Crippen LogP contribution in [0.4, 0.5) is 5.69 Å². The van der Waals surface area contributed by atoms with Gasteiger partial charge in [0.15, 0.2) is 0 Å². The van der Waals surface area contributed by atoms with Gasteiger partial charge in [0.05, 0.1) is 12.3 Å². The van der Waals surface area contributed by atoms with Crippen molar-refractivity contribution < 1.29 is 5.11 Å². The van der Waals surface area contributed by atoms with E-state index in [0.717, 1.165) is 44.7 Å². The van der Waals surface area contributed by atoms with Gasteiger partial charge in [-0.3, -0.25) is 9.80 Å². The molecule has 0 aliphatic carbocycles. The van der Waals surface area contributed by atoms with Crippen LogP contribution >= 0.6 is 0 Å². The van der Waals surface area contributed by atoms with Gasteiger partial charge in [-0.1, -0.05) is 26.0 Å². The van der Waals surface area contributed by atoms with Crippen molar-refractivity contribution in [1.82, 2.24) is 9.80 Å². The van der Waals surface area contributed by atoms with Gasteiger partial charge in [0.25, 0.3) is 0 Å². The van der Waals surface area contributed by atoms with Crippen LogP contribution < -0.4 is 5.73 Å². The zero-order chi connectivity index (χ0) is 15.5. The van der Waals surface area contributed by atoms with Crippen LogP contribution in [0.1, 0.15) is 38.4 Å². The van der Waals surface area contributed by atoms with Crippen LogP contribution in [0.2, 0.25) is 0 Å². The smallest absolute Gasteiger partial charge is 0.0887 e. The summed E-state index contributed by atoms with van der Waals surface area (Å²) in [5.74, 6) is 0. The number of aliphatic hydroxyl groups excluding tert-OH is 1. The van der Waals surface area contributed by atoms with Gasteiger partial charge in [-0.2, -0.15) is 0 Å². The van der Waals surface area contributed by atoms with Crippen molar-refractivity contribution in [3.8, 4) is 0 Å². The highest BCUT2D eigenvalue weighted by Crippen LogP contribution is 2.56. The minimum Gasteiger partial charge on any atom is -0.399 e. The number of nitrogens with two attached hydrogens (primary N) is 1. The van der Waals surface area contributed by atoms with Gasteiger partial charge in [-0.05, 0) is 30.5 Å². The standard InChI is InChI=1S/C18H27N3O/c1-3-17-9-20-11-18(4-2,16(17)22)12-21(10-17)15(20)13-6-5-7-14(19)8-13/h5-8,15-16,22H,3-4,9-12,19H2,1-2H3. The normalized spacial score (nSPS) is 46.1. The van der Waals surface area contributed by atoms with Crippen LogP contribution in [0.15, 0.2) is 24.3 Å². The Morgan fingerprint density at radius 1 is 1.09 bits per heavy atom. The van der Waals surface area contributed by atoms with E-state index in [9.17, 15) is 5.11 Å². The number of hydrogen-bond acceptors (Lipinski definition) is 4. The Kier molecular flexibility index (Phi) is 3.09. The Balaban J connectivity index is 1.74. The third kappa shape index (κ3) is 1.75. The summed E-state index contributed by atoms with van der Waals surface area (Å²) in [6.07, 6.45) is 2.26. The Bertz CT molecular complexity index is 547. The van der Waals surface area contributed by atoms with Crippen LogP contribution in [0, 0.1) is 10.8 Å². The molecule has 0 unspecified atom stereocenters. The molecule has 4 nitrogen and oxygen atoms in total. The Morgan fingerprint density at radius 2 is 1.64 bits per heavy atom. The lowest BCUT2D eigenvalue weighted by Crippen LogP contribution is -2.78. The summed E-state index contributed by atoms with van der Waals surface area (Å²) >= 11 is 0. The monoisotopic (exact) mass is 301 g/mol. The van der Waals surface area contributed by atoms with E-state index in [1.165, 1.54) is 5.56 Å². The van der Waals surface area contributed by atoms with E-state index < -0.39 is 0 Å². The average Bonchev–Trinajstić information content (AvgIpc) is 2.51. The summed E-state index contributed by atoms with van der Waals surface area (Å²) in [4.78, 5) is 5.17. The lowest BCUT2D eigenvalue weighted by atomic mass is 9.57. The molecular formula is C18H27N3O. The highest BCUT2D eigenvalue weighted by molar-refractivity contribution is 5.42. The van der Waals surface area contributed by atoms with E-state index in [-0.39, 0.29) is 16.9 Å². The fraction of sp³-hybridized carbons (Fsp3) is 0.667. The van der Waals surface area contributed by atoms with Gasteiger partial charge in [-0.15, -0.1) is 0 Å². The summed E-state index contributed by atoms with van der Waals surface area (Å²) in [7, 11) is 0. The summed E-state index contributed by atoms with van der Waals surface area (Å²) in [6, 6.07) is 8.31. The number of benzene rings is 1. The number of nitrogens with zero attached hydrogens (tertiary/aromatic N) is 2. The van der Waals surface area contributed by atoms with E-state index in [4.69, 9.17) is 5.73 Å². The minimum atomic E-state index is -0.163. The van der Waals surface area contributed by atoms with Gasteiger partial charge < -0.3 is 10.8 Å². The third-order valence-electron chi connectivity index (χ3n) is 6.54. The second kappa shape index (κ2) is 4.70. The largest absolute Gasteiger partial charge is 0.399 e. The Hall–Kier alpha value is -1.10. The SMILES string of the molecule is CCC12CN3CC(CC)(CN(C1)C3c1cccc(N)c1)C2O. The molecule has 1 aromatic rings. The quantitative estimate of drug-likeness (QED) is 0.839. The topological polar surface area (TPSA) is 52.7 Å². The van der Waals surface area contributed by atoms with Crippen LogP contribution in [0.3, 0.4) is 0 Å². The van der Waals surface area contributed by atoms with E-state index in [1.54, 1.807) is 0 Å². The predicted molar refractivity (Wildman–Crippen MR) is 88.2 cm³/mol. The van der Waals surface area contributed by atoms with Crippen molar-refractivity contribution in [2.24, 2.45) is 10.8 Å². The fourth-order valence-corrected chi connectivity index (χ4v) is 5.38. The zero-order valence-electron chi connectivity index (χ0n) is 13.6. The fourth-order valence-electron chi connectivity index (χ4n) is 5.38. The molecule has 4 heteroatoms. The lowest BCUT2D eigenvalue weighted by molar-refractivity contribution is -0.266. The highest BCUT2D eigenvalue weighted by Gasteiger charge is 2.63. The summed E-state index contributed by atoms with van der Waals surface area (Å²) in [5.41, 5.74) is 8.23. The van der Waals surface area contributed by atoms with Gasteiger partial charge >= 0.3 is 0 Å². The molecule has 0 saturated carbocycles. The molecule has 4 fully saturated rings. The number of piperidine rings is 2. The van der Waals surface area contributed by atoms with Gasteiger partial charge in [-0.25, -0.2) is 0 Å². The third-order valence-corrected chi connectivity index (χ3v) is 6.54. The Labute approximate surface area is 132 Å². The number of aliphatic hydroxyl groups is 1. The number of rotatable bonds is 3. The van der Waals surface area contributed by atoms with Crippen molar-refractivity contribution in [2.45, 2.75) is 39.0 Å². The second-order valence-corrected chi connectivity index (χ2v) is 7.69. The first-order valence-corrected chi connectivity index (χ1v) is 8.55. The molecule has 0 spiro atoms. The molecule has 4 aliphatic heterocycles. The maximum atomic E-state index is 11.1. The molecule has 0 atom stereocenters. The maximum absolute atomic E-state index is 11.1. The van der Waals surface area contributed by atoms with Crippen LogP contribution in [-0.4, -0.2) is 47.2 Å². The average molecular weight is 301 g/mol. The molecule has 0 radical (unpaired) electrons. The second-order valence-electron chi connectivity index (χ2n) is 7.69. The molecule has 22 heavy (non-hydrogen) atoms. The van der Waals surface area contributed by atoms with E-state index >= 15 is 0 Å². The molecule has 0 aromatic heterocycles. The molecule has 4 saturated heterocycles. The van der Waals surface area contributed by atoms with Crippen molar-refractivity contribution in [3.63, 3.8) is 0 Å². The predicted octanol–water partition coefficient (Wildman–Crippen LogP) is 2.07. The molecule has 120 valence electrons. The zero-order valence-corrected chi connectivity index (χ0v) is 13.6. The van der Waals surface area contributed by atoms with E-state index in [1.807, 2.05) is 6.07 Å². The molecule has 4 aliphatic rings. The highest BCUT2D eigenvalue weighted by atomic mass is 16.3. The van der Waals surface area contributed by atoms with Gasteiger partial charge in [0.1, 0.15) is 0 Å². The van der Waals surface area contributed by atoms with Crippen LogP contribution in [0.25, 0.3) is 0 Å². The molecule has 4 heterocycles. The molecule has 3 N–H and O–H groups in total. The molecule has 1 aromatic carbocycles. The van der Waals surface area contributed by atoms with E-state index in [2.05, 4.69) is 41.8 Å². The first-order chi connectivity index (χ1) is 10.5. The van der Waals surface area contributed by atoms with E-state index in [0.29, 0.717) is 6.17 Å². The van der Waals surface area contributed by atoms with Gasteiger partial charge in [0.2, 0.25) is 0 Å². The first kappa shape index (κ1) is 14.5. The summed E-state index contributed by atoms with van der Waals surface area (Å²) in [6.45, 7) is 8.48. The maximum Gasteiger partial charge on any atom is 0.0887 e. The van der Waals surface area contributed by atoms with Crippen molar-refractivity contribution in [3.05, 3.63) is 29.8 Å². The number of anilines is 1. The van der Waals surface area contributed by atoms with Crippen molar-refractivity contribution in [2.75, 3.05) is 31.9 Å².